The third-order valence-electron chi connectivity index (χ3n) is 3.28. The molecule has 3 N–H and O–H groups in total. The van der Waals surface area contributed by atoms with E-state index < -0.39 is 0 Å². The normalized spacial score (nSPS) is 16.1. The second kappa shape index (κ2) is 6.00. The van der Waals surface area contributed by atoms with Crippen LogP contribution < -0.4 is 11.1 Å². The van der Waals surface area contributed by atoms with Crippen LogP contribution in [0.3, 0.4) is 0 Å². The number of aryl methyl sites for hydroxylation is 2. The molecule has 1 aromatic heterocycles. The molecule has 0 aliphatic rings. The van der Waals surface area contributed by atoms with Crippen LogP contribution in [-0.4, -0.2) is 23.1 Å². The number of aromatic nitrogens is 1. The van der Waals surface area contributed by atoms with Gasteiger partial charge in [-0.25, -0.2) is 0 Å². The maximum atomic E-state index is 11.9. The Morgan fingerprint density at radius 2 is 2.00 bits per heavy atom. The van der Waals surface area contributed by atoms with Crippen molar-refractivity contribution in [3.63, 3.8) is 0 Å². The molecule has 1 rings (SSSR count). The van der Waals surface area contributed by atoms with E-state index in [2.05, 4.69) is 10.5 Å². The summed E-state index contributed by atoms with van der Waals surface area (Å²) in [5.74, 6) is 0.621. The number of carbonyl (C=O) groups is 1. The largest absolute Gasteiger partial charge is 0.361 e. The Morgan fingerprint density at radius 1 is 1.39 bits per heavy atom. The zero-order chi connectivity index (χ0) is 13.9. The molecule has 102 valence electrons. The minimum Gasteiger partial charge on any atom is -0.361 e. The van der Waals surface area contributed by atoms with Gasteiger partial charge in [0.25, 0.3) is 0 Å². The van der Waals surface area contributed by atoms with E-state index in [-0.39, 0.29) is 23.9 Å². The van der Waals surface area contributed by atoms with Crippen LogP contribution in [-0.2, 0) is 11.2 Å². The van der Waals surface area contributed by atoms with Crippen molar-refractivity contribution in [3.05, 3.63) is 17.0 Å². The van der Waals surface area contributed by atoms with Gasteiger partial charge in [0.05, 0.1) is 5.69 Å². The molecule has 1 aromatic rings. The summed E-state index contributed by atoms with van der Waals surface area (Å²) in [7, 11) is 0. The lowest BCUT2D eigenvalue weighted by Gasteiger charge is -2.19. The van der Waals surface area contributed by atoms with E-state index >= 15 is 0 Å². The molecule has 5 heteroatoms. The van der Waals surface area contributed by atoms with E-state index in [1.54, 1.807) is 0 Å². The molecule has 0 aromatic carbocycles. The van der Waals surface area contributed by atoms with Gasteiger partial charge in [0.2, 0.25) is 5.91 Å². The van der Waals surface area contributed by atoms with Crippen LogP contribution in [0.5, 0.6) is 0 Å². The highest BCUT2D eigenvalue weighted by Crippen LogP contribution is 2.14. The highest BCUT2D eigenvalue weighted by Gasteiger charge is 2.20. The van der Waals surface area contributed by atoms with Gasteiger partial charge < -0.3 is 15.6 Å². The summed E-state index contributed by atoms with van der Waals surface area (Å²) in [4.78, 5) is 11.9. The Hall–Kier alpha value is -1.36. The van der Waals surface area contributed by atoms with E-state index in [1.807, 2.05) is 34.6 Å². The molecule has 3 atom stereocenters. The zero-order valence-corrected chi connectivity index (χ0v) is 11.8. The van der Waals surface area contributed by atoms with Gasteiger partial charge in [-0.3, -0.25) is 4.79 Å². The van der Waals surface area contributed by atoms with Gasteiger partial charge in [-0.05, 0) is 34.1 Å². The third-order valence-corrected chi connectivity index (χ3v) is 3.28. The Balaban J connectivity index is 2.57. The topological polar surface area (TPSA) is 81.2 Å². The summed E-state index contributed by atoms with van der Waals surface area (Å²) in [6.07, 6.45) is 0.721. The number of amides is 1. The second-order valence-corrected chi connectivity index (χ2v) is 5.06. The lowest BCUT2D eigenvalue weighted by Crippen LogP contribution is -2.43. The number of nitrogens with one attached hydrogen (secondary N) is 1. The van der Waals surface area contributed by atoms with Crippen LogP contribution >= 0.6 is 0 Å². The van der Waals surface area contributed by atoms with E-state index in [0.29, 0.717) is 0 Å². The fourth-order valence-corrected chi connectivity index (χ4v) is 1.76. The molecule has 0 radical (unpaired) electrons. The van der Waals surface area contributed by atoms with E-state index in [4.69, 9.17) is 10.3 Å². The van der Waals surface area contributed by atoms with Crippen LogP contribution in [0, 0.1) is 19.8 Å². The number of hydrogen-bond donors (Lipinski definition) is 2. The van der Waals surface area contributed by atoms with Gasteiger partial charge in [0, 0.05) is 23.6 Å². The van der Waals surface area contributed by atoms with Crippen molar-refractivity contribution < 1.29 is 9.32 Å². The molecule has 5 nitrogen and oxygen atoms in total. The molecule has 0 spiro atoms. The van der Waals surface area contributed by atoms with Crippen molar-refractivity contribution in [3.8, 4) is 0 Å². The van der Waals surface area contributed by atoms with Crippen LogP contribution in [0.2, 0.25) is 0 Å². The standard InChI is InChI=1S/C13H23N3O2/c1-7(15-13(17)8(2)9(3)14)6-12-10(4)16-18-11(12)5/h7-9H,6,14H2,1-5H3,(H,15,17). The molecule has 18 heavy (non-hydrogen) atoms. The third kappa shape index (κ3) is 3.57. The predicted octanol–water partition coefficient (Wildman–Crippen LogP) is 1.32. The van der Waals surface area contributed by atoms with Gasteiger partial charge in [0.1, 0.15) is 5.76 Å². The van der Waals surface area contributed by atoms with Crippen molar-refractivity contribution in [2.75, 3.05) is 0 Å². The number of nitrogens with two attached hydrogens (primary N) is 1. The van der Waals surface area contributed by atoms with Gasteiger partial charge in [-0.1, -0.05) is 12.1 Å². The van der Waals surface area contributed by atoms with Crippen LogP contribution in [0.4, 0.5) is 0 Å². The fourth-order valence-electron chi connectivity index (χ4n) is 1.76. The molecule has 0 aliphatic heterocycles. The van der Waals surface area contributed by atoms with E-state index in [0.717, 1.165) is 23.4 Å². The summed E-state index contributed by atoms with van der Waals surface area (Å²) in [5.41, 5.74) is 7.66. The van der Waals surface area contributed by atoms with E-state index in [9.17, 15) is 4.79 Å². The molecule has 1 amide bonds. The van der Waals surface area contributed by atoms with Gasteiger partial charge in [-0.2, -0.15) is 0 Å². The summed E-state index contributed by atoms with van der Waals surface area (Å²) < 4.78 is 5.10. The van der Waals surface area contributed by atoms with Crippen molar-refractivity contribution in [2.45, 2.75) is 53.1 Å². The number of hydrogen-bond acceptors (Lipinski definition) is 4. The maximum Gasteiger partial charge on any atom is 0.224 e. The quantitative estimate of drug-likeness (QED) is 0.829. The van der Waals surface area contributed by atoms with Crippen molar-refractivity contribution in [2.24, 2.45) is 11.7 Å². The highest BCUT2D eigenvalue weighted by molar-refractivity contribution is 5.79. The first-order valence-corrected chi connectivity index (χ1v) is 6.30. The number of carbonyl (C=O) groups excluding carboxylic acids is 1. The minimum atomic E-state index is -0.183. The first-order chi connectivity index (χ1) is 8.32. The number of nitrogens with zero attached hydrogens (tertiary/aromatic N) is 1. The van der Waals surface area contributed by atoms with Gasteiger partial charge in [-0.15, -0.1) is 0 Å². The molecule has 0 aliphatic carbocycles. The molecule has 0 saturated heterocycles. The van der Waals surface area contributed by atoms with Gasteiger partial charge in [0.15, 0.2) is 0 Å². The average molecular weight is 253 g/mol. The molecule has 3 unspecified atom stereocenters. The summed E-state index contributed by atoms with van der Waals surface area (Å²) in [6, 6.07) is -0.105. The average Bonchev–Trinajstić information content (AvgIpc) is 2.59. The monoisotopic (exact) mass is 253 g/mol. The van der Waals surface area contributed by atoms with Crippen molar-refractivity contribution in [1.82, 2.24) is 10.5 Å². The maximum absolute atomic E-state index is 11.9. The first kappa shape index (κ1) is 14.7. The molecule has 0 bridgehead atoms. The van der Waals surface area contributed by atoms with Crippen molar-refractivity contribution in [1.29, 1.82) is 0 Å². The Morgan fingerprint density at radius 3 is 2.44 bits per heavy atom. The second-order valence-electron chi connectivity index (χ2n) is 5.06. The molecular formula is C13H23N3O2. The Bertz CT molecular complexity index is 393. The molecular weight excluding hydrogens is 230 g/mol. The van der Waals surface area contributed by atoms with Gasteiger partial charge >= 0.3 is 0 Å². The summed E-state index contributed by atoms with van der Waals surface area (Å²) >= 11 is 0. The summed E-state index contributed by atoms with van der Waals surface area (Å²) in [5, 5.41) is 6.87. The SMILES string of the molecule is Cc1noc(C)c1CC(C)NC(=O)C(C)C(C)N. The van der Waals surface area contributed by atoms with Crippen LogP contribution in [0.15, 0.2) is 4.52 Å². The Labute approximate surface area is 108 Å². The zero-order valence-electron chi connectivity index (χ0n) is 11.8. The Kier molecular flexibility index (Phi) is 4.90. The van der Waals surface area contributed by atoms with Crippen molar-refractivity contribution >= 4 is 5.91 Å². The molecule has 1 heterocycles. The number of rotatable bonds is 5. The highest BCUT2D eigenvalue weighted by atomic mass is 16.5. The minimum absolute atomic E-state index is 0.00994. The molecule has 0 fully saturated rings. The van der Waals surface area contributed by atoms with Crippen LogP contribution in [0.25, 0.3) is 0 Å². The van der Waals surface area contributed by atoms with E-state index in [1.165, 1.54) is 0 Å². The smallest absolute Gasteiger partial charge is 0.224 e. The summed E-state index contributed by atoms with van der Waals surface area (Å²) in [6.45, 7) is 9.43. The lowest BCUT2D eigenvalue weighted by molar-refractivity contribution is -0.125. The lowest BCUT2D eigenvalue weighted by atomic mass is 10.0. The fraction of sp³-hybridized carbons (Fsp3) is 0.692. The first-order valence-electron chi connectivity index (χ1n) is 6.30. The molecule has 0 saturated carbocycles. The predicted molar refractivity (Wildman–Crippen MR) is 70.1 cm³/mol. The van der Waals surface area contributed by atoms with Crippen LogP contribution in [0.1, 0.15) is 37.8 Å².